The fourth-order valence-corrected chi connectivity index (χ4v) is 2.53. The summed E-state index contributed by atoms with van der Waals surface area (Å²) in [5, 5.41) is 10.4. The molecule has 2 heterocycles. The molecule has 1 unspecified atom stereocenters. The van der Waals surface area contributed by atoms with Gasteiger partial charge in [0, 0.05) is 24.0 Å². The Morgan fingerprint density at radius 1 is 1.57 bits per heavy atom. The largest absolute Gasteiger partial charge is 0.325 e. The average Bonchev–Trinajstić information content (AvgIpc) is 3.01. The van der Waals surface area contributed by atoms with Gasteiger partial charge < -0.3 is 5.32 Å². The van der Waals surface area contributed by atoms with Crippen LogP contribution in [0.2, 0.25) is 0 Å². The molecule has 1 saturated heterocycles. The van der Waals surface area contributed by atoms with Crippen molar-refractivity contribution in [3.05, 3.63) is 24.4 Å². The number of benzene rings is 1. The SMILES string of the molecule is CCn1ncc2ccc(NC(=O)C3CC(F)(F)CN3)cc21. The first kappa shape index (κ1) is 13.9. The third-order valence-corrected chi connectivity index (χ3v) is 3.64. The maximum atomic E-state index is 13.1. The normalized spacial score (nSPS) is 20.8. The Kier molecular flexibility index (Phi) is 3.36. The van der Waals surface area contributed by atoms with E-state index >= 15 is 0 Å². The molecule has 0 aliphatic carbocycles. The molecule has 1 amide bonds. The lowest BCUT2D eigenvalue weighted by atomic mass is 10.1. The molecule has 112 valence electrons. The molecule has 0 saturated carbocycles. The summed E-state index contributed by atoms with van der Waals surface area (Å²) in [5.41, 5.74) is 1.49. The van der Waals surface area contributed by atoms with Crippen LogP contribution in [0.1, 0.15) is 13.3 Å². The van der Waals surface area contributed by atoms with Crippen LogP contribution >= 0.6 is 0 Å². The van der Waals surface area contributed by atoms with Gasteiger partial charge in [0.15, 0.2) is 0 Å². The van der Waals surface area contributed by atoms with Crippen molar-refractivity contribution in [3.8, 4) is 0 Å². The number of carbonyl (C=O) groups is 1. The Balaban J connectivity index is 1.77. The molecule has 1 aromatic heterocycles. The van der Waals surface area contributed by atoms with Crippen LogP contribution in [0, 0.1) is 0 Å². The molecular weight excluding hydrogens is 278 g/mol. The van der Waals surface area contributed by atoms with Gasteiger partial charge in [-0.25, -0.2) is 8.78 Å². The van der Waals surface area contributed by atoms with Crippen molar-refractivity contribution in [2.45, 2.75) is 31.9 Å². The second-order valence-electron chi connectivity index (χ2n) is 5.22. The Hall–Kier alpha value is -2.02. The molecule has 0 bridgehead atoms. The zero-order chi connectivity index (χ0) is 15.0. The molecule has 2 N–H and O–H groups in total. The van der Waals surface area contributed by atoms with E-state index in [4.69, 9.17) is 0 Å². The van der Waals surface area contributed by atoms with Gasteiger partial charge in [0.2, 0.25) is 5.91 Å². The second kappa shape index (κ2) is 5.07. The Morgan fingerprint density at radius 3 is 3.05 bits per heavy atom. The molecule has 1 aromatic carbocycles. The van der Waals surface area contributed by atoms with Crippen LogP contribution in [0.25, 0.3) is 10.9 Å². The van der Waals surface area contributed by atoms with E-state index in [1.165, 1.54) is 0 Å². The zero-order valence-corrected chi connectivity index (χ0v) is 11.6. The van der Waals surface area contributed by atoms with E-state index in [-0.39, 0.29) is 0 Å². The number of halogens is 2. The van der Waals surface area contributed by atoms with Crippen molar-refractivity contribution in [2.75, 3.05) is 11.9 Å². The number of hydrogen-bond acceptors (Lipinski definition) is 3. The lowest BCUT2D eigenvalue weighted by molar-refractivity contribution is -0.118. The highest BCUT2D eigenvalue weighted by atomic mass is 19.3. The molecule has 7 heteroatoms. The predicted molar refractivity (Wildman–Crippen MR) is 75.4 cm³/mol. The Morgan fingerprint density at radius 2 is 2.38 bits per heavy atom. The zero-order valence-electron chi connectivity index (χ0n) is 11.6. The summed E-state index contributed by atoms with van der Waals surface area (Å²) < 4.78 is 28.0. The van der Waals surface area contributed by atoms with Crippen molar-refractivity contribution in [2.24, 2.45) is 0 Å². The van der Waals surface area contributed by atoms with Crippen molar-refractivity contribution >= 4 is 22.5 Å². The van der Waals surface area contributed by atoms with Gasteiger partial charge in [-0.3, -0.25) is 14.8 Å². The fourth-order valence-electron chi connectivity index (χ4n) is 2.53. The average molecular weight is 294 g/mol. The number of alkyl halides is 2. The van der Waals surface area contributed by atoms with Gasteiger partial charge in [-0.1, -0.05) is 0 Å². The van der Waals surface area contributed by atoms with E-state index < -0.39 is 30.8 Å². The predicted octanol–water partition coefficient (Wildman–Crippen LogP) is 1.99. The van der Waals surface area contributed by atoms with Crippen molar-refractivity contribution in [1.29, 1.82) is 0 Å². The minimum Gasteiger partial charge on any atom is -0.325 e. The van der Waals surface area contributed by atoms with Gasteiger partial charge in [-0.15, -0.1) is 0 Å². The van der Waals surface area contributed by atoms with E-state index in [1.54, 1.807) is 18.3 Å². The van der Waals surface area contributed by atoms with Gasteiger partial charge in [-0.2, -0.15) is 5.10 Å². The summed E-state index contributed by atoms with van der Waals surface area (Å²) in [5.74, 6) is -3.25. The molecule has 1 aliphatic heterocycles. The number of amides is 1. The van der Waals surface area contributed by atoms with Crippen molar-refractivity contribution in [1.82, 2.24) is 15.1 Å². The van der Waals surface area contributed by atoms with E-state index in [0.29, 0.717) is 5.69 Å². The minimum atomic E-state index is -2.81. The third kappa shape index (κ3) is 2.73. The minimum absolute atomic E-state index is 0.436. The monoisotopic (exact) mass is 294 g/mol. The number of hydrogen-bond donors (Lipinski definition) is 2. The molecule has 0 spiro atoms. The molecule has 5 nitrogen and oxygen atoms in total. The first-order valence-electron chi connectivity index (χ1n) is 6.86. The molecule has 1 aliphatic rings. The quantitative estimate of drug-likeness (QED) is 0.910. The molecule has 2 aromatic rings. The van der Waals surface area contributed by atoms with Crippen LogP contribution in [0.4, 0.5) is 14.5 Å². The van der Waals surface area contributed by atoms with Gasteiger partial charge in [0.05, 0.1) is 24.3 Å². The number of anilines is 1. The highest BCUT2D eigenvalue weighted by Crippen LogP contribution is 2.26. The summed E-state index contributed by atoms with van der Waals surface area (Å²) >= 11 is 0. The van der Waals surface area contributed by atoms with Crippen molar-refractivity contribution < 1.29 is 13.6 Å². The summed E-state index contributed by atoms with van der Waals surface area (Å²) in [4.78, 5) is 12.0. The lowest BCUT2D eigenvalue weighted by Crippen LogP contribution is -2.35. The maximum absolute atomic E-state index is 13.1. The number of aryl methyl sites for hydroxylation is 1. The van der Waals surface area contributed by atoms with Gasteiger partial charge in [0.1, 0.15) is 0 Å². The number of fused-ring (bicyclic) bond motifs is 1. The van der Waals surface area contributed by atoms with Crippen LogP contribution in [-0.4, -0.2) is 34.2 Å². The van der Waals surface area contributed by atoms with Crippen LogP contribution in [0.5, 0.6) is 0 Å². The van der Waals surface area contributed by atoms with E-state index in [1.807, 2.05) is 17.7 Å². The highest BCUT2D eigenvalue weighted by Gasteiger charge is 2.42. The number of rotatable bonds is 3. The molecule has 3 rings (SSSR count). The van der Waals surface area contributed by atoms with E-state index in [2.05, 4.69) is 15.7 Å². The summed E-state index contributed by atoms with van der Waals surface area (Å²) in [6, 6.07) is 4.54. The first-order chi connectivity index (χ1) is 9.98. The van der Waals surface area contributed by atoms with Crippen LogP contribution < -0.4 is 10.6 Å². The van der Waals surface area contributed by atoms with Gasteiger partial charge in [0.25, 0.3) is 5.92 Å². The topological polar surface area (TPSA) is 59.0 Å². The lowest BCUT2D eigenvalue weighted by Gasteiger charge is -2.11. The molecule has 1 fully saturated rings. The second-order valence-corrected chi connectivity index (χ2v) is 5.22. The summed E-state index contributed by atoms with van der Waals surface area (Å²) in [7, 11) is 0. The van der Waals surface area contributed by atoms with Gasteiger partial charge >= 0.3 is 0 Å². The first-order valence-corrected chi connectivity index (χ1v) is 6.86. The third-order valence-electron chi connectivity index (χ3n) is 3.64. The standard InChI is InChI=1S/C14H16F2N4O/c1-2-20-12-5-10(4-3-9(12)7-18-20)19-13(21)11-6-14(15,16)8-17-11/h3-5,7,11,17H,2,6,8H2,1H3,(H,19,21). The smallest absolute Gasteiger partial charge is 0.262 e. The van der Waals surface area contributed by atoms with Crippen LogP contribution in [-0.2, 0) is 11.3 Å². The number of nitrogens with one attached hydrogen (secondary N) is 2. The van der Waals surface area contributed by atoms with Crippen molar-refractivity contribution in [3.63, 3.8) is 0 Å². The molecule has 21 heavy (non-hydrogen) atoms. The highest BCUT2D eigenvalue weighted by molar-refractivity contribution is 5.97. The van der Waals surface area contributed by atoms with E-state index in [0.717, 1.165) is 17.4 Å². The van der Waals surface area contributed by atoms with E-state index in [9.17, 15) is 13.6 Å². The Bertz CT molecular complexity index is 683. The Labute approximate surface area is 120 Å². The molecule has 1 atom stereocenters. The molecule has 0 radical (unpaired) electrons. The van der Waals surface area contributed by atoms with Crippen LogP contribution in [0.15, 0.2) is 24.4 Å². The number of nitrogens with zero attached hydrogens (tertiary/aromatic N) is 2. The van der Waals surface area contributed by atoms with Crippen LogP contribution in [0.3, 0.4) is 0 Å². The molecular formula is C14H16F2N4O. The fraction of sp³-hybridized carbons (Fsp3) is 0.429. The summed E-state index contributed by atoms with van der Waals surface area (Å²) in [6.45, 7) is 2.24. The number of carbonyl (C=O) groups excluding carboxylic acids is 1. The maximum Gasteiger partial charge on any atom is 0.262 e. The number of aromatic nitrogens is 2. The van der Waals surface area contributed by atoms with Gasteiger partial charge in [-0.05, 0) is 25.1 Å². The summed E-state index contributed by atoms with van der Waals surface area (Å²) in [6.07, 6.45) is 1.29.